The zero-order valence-corrected chi connectivity index (χ0v) is 7.67. The molecule has 0 bridgehead atoms. The number of rotatable bonds is 4. The molecule has 0 aromatic carbocycles. The Morgan fingerprint density at radius 1 is 1.64 bits per heavy atom. The molecule has 0 fully saturated rings. The lowest BCUT2D eigenvalue weighted by Crippen LogP contribution is -2.23. The number of hydrogen-bond acceptors (Lipinski definition) is 1. The summed E-state index contributed by atoms with van der Waals surface area (Å²) in [4.78, 5) is 2.21. The quantitative estimate of drug-likeness (QED) is 0.437. The van der Waals surface area contributed by atoms with E-state index in [1.54, 1.807) is 0 Å². The molecule has 0 N–H and O–H groups in total. The Bertz CT molecular complexity index is 153. The number of allylic oxidation sites excluding steroid dienone is 1. The first-order valence-corrected chi connectivity index (χ1v) is 3.96. The van der Waals surface area contributed by atoms with Crippen LogP contribution < -0.4 is 0 Å². The van der Waals surface area contributed by atoms with Gasteiger partial charge in [0.25, 0.3) is 0 Å². The van der Waals surface area contributed by atoms with Gasteiger partial charge in [-0.15, -0.1) is 12.3 Å². The molecule has 1 atom stereocenters. The molecule has 0 aromatic rings. The van der Waals surface area contributed by atoms with Gasteiger partial charge < -0.3 is 4.90 Å². The average molecular weight is 151 g/mol. The van der Waals surface area contributed by atoms with E-state index < -0.39 is 0 Å². The van der Waals surface area contributed by atoms with E-state index in [0.29, 0.717) is 5.92 Å². The molecule has 0 rings (SSSR count). The third-order valence-corrected chi connectivity index (χ3v) is 1.52. The van der Waals surface area contributed by atoms with Gasteiger partial charge in [-0.05, 0) is 14.0 Å². The van der Waals surface area contributed by atoms with Gasteiger partial charge in [-0.2, -0.15) is 0 Å². The van der Waals surface area contributed by atoms with Crippen LogP contribution in [0.2, 0.25) is 0 Å². The summed E-state index contributed by atoms with van der Waals surface area (Å²) < 4.78 is 0. The van der Waals surface area contributed by atoms with E-state index in [-0.39, 0.29) is 0 Å². The Morgan fingerprint density at radius 3 is 2.73 bits per heavy atom. The van der Waals surface area contributed by atoms with Gasteiger partial charge in [0.05, 0.1) is 0 Å². The highest BCUT2D eigenvalue weighted by atomic mass is 15.1. The van der Waals surface area contributed by atoms with Gasteiger partial charge in [-0.3, -0.25) is 0 Å². The van der Waals surface area contributed by atoms with Gasteiger partial charge in [-0.1, -0.05) is 19.1 Å². The standard InChI is InChI=1S/C10H17N/c1-5-7-8-11(4)9-10(3)6-2/h2,5,7,10H,8-9H2,1,3-4H3/b7-5+. The smallest absolute Gasteiger partial charge is 0.0299 e. The fraction of sp³-hybridized carbons (Fsp3) is 0.600. The lowest BCUT2D eigenvalue weighted by atomic mass is 10.2. The van der Waals surface area contributed by atoms with Crippen LogP contribution >= 0.6 is 0 Å². The van der Waals surface area contributed by atoms with Crippen molar-refractivity contribution in [3.05, 3.63) is 12.2 Å². The molecular weight excluding hydrogens is 134 g/mol. The number of hydrogen-bond donors (Lipinski definition) is 0. The number of nitrogens with zero attached hydrogens (tertiary/aromatic N) is 1. The first-order valence-electron chi connectivity index (χ1n) is 3.96. The average Bonchev–Trinajstić information content (AvgIpc) is 2.00. The molecule has 0 aromatic heterocycles. The monoisotopic (exact) mass is 151 g/mol. The van der Waals surface area contributed by atoms with Crippen LogP contribution in [0.3, 0.4) is 0 Å². The summed E-state index contributed by atoms with van der Waals surface area (Å²) in [6.07, 6.45) is 9.44. The molecule has 0 aliphatic rings. The predicted octanol–water partition coefficient (Wildman–Crippen LogP) is 1.76. The van der Waals surface area contributed by atoms with E-state index in [4.69, 9.17) is 6.42 Å². The zero-order valence-electron chi connectivity index (χ0n) is 7.67. The van der Waals surface area contributed by atoms with Crippen LogP contribution in [0.5, 0.6) is 0 Å². The molecule has 1 nitrogen and oxygen atoms in total. The van der Waals surface area contributed by atoms with Crippen molar-refractivity contribution < 1.29 is 0 Å². The van der Waals surface area contributed by atoms with Crippen LogP contribution in [-0.2, 0) is 0 Å². The maximum Gasteiger partial charge on any atom is 0.0299 e. The number of terminal acetylenes is 1. The highest BCUT2D eigenvalue weighted by Crippen LogP contribution is 1.95. The summed E-state index contributed by atoms with van der Waals surface area (Å²) in [5, 5.41) is 0. The van der Waals surface area contributed by atoms with Crippen molar-refractivity contribution in [1.82, 2.24) is 4.90 Å². The van der Waals surface area contributed by atoms with Gasteiger partial charge in [-0.25, -0.2) is 0 Å². The van der Waals surface area contributed by atoms with Gasteiger partial charge in [0, 0.05) is 19.0 Å². The minimum Gasteiger partial charge on any atom is -0.302 e. The molecule has 11 heavy (non-hydrogen) atoms. The summed E-state index contributed by atoms with van der Waals surface area (Å²) in [6, 6.07) is 0. The maximum atomic E-state index is 5.25. The molecule has 62 valence electrons. The molecule has 0 heterocycles. The highest BCUT2D eigenvalue weighted by Gasteiger charge is 1.99. The lowest BCUT2D eigenvalue weighted by Gasteiger charge is -2.15. The van der Waals surface area contributed by atoms with Crippen LogP contribution in [-0.4, -0.2) is 25.0 Å². The molecule has 0 spiro atoms. The van der Waals surface area contributed by atoms with Gasteiger partial charge in [0.1, 0.15) is 0 Å². The van der Waals surface area contributed by atoms with Gasteiger partial charge in [0.2, 0.25) is 0 Å². The largest absolute Gasteiger partial charge is 0.302 e. The van der Waals surface area contributed by atoms with Crippen molar-refractivity contribution in [2.75, 3.05) is 20.1 Å². The van der Waals surface area contributed by atoms with E-state index >= 15 is 0 Å². The van der Waals surface area contributed by atoms with Crippen molar-refractivity contribution in [1.29, 1.82) is 0 Å². The molecule has 1 heteroatoms. The van der Waals surface area contributed by atoms with Gasteiger partial charge >= 0.3 is 0 Å². The van der Waals surface area contributed by atoms with Crippen molar-refractivity contribution in [2.24, 2.45) is 5.92 Å². The lowest BCUT2D eigenvalue weighted by molar-refractivity contribution is 0.343. The summed E-state index contributed by atoms with van der Waals surface area (Å²) in [5.74, 6) is 3.06. The molecule has 1 unspecified atom stereocenters. The summed E-state index contributed by atoms with van der Waals surface area (Å²) in [6.45, 7) is 6.05. The second kappa shape index (κ2) is 6.00. The normalized spacial score (nSPS) is 13.7. The van der Waals surface area contributed by atoms with Crippen LogP contribution in [0, 0.1) is 18.3 Å². The Hall–Kier alpha value is -0.740. The Balaban J connectivity index is 3.53. The highest BCUT2D eigenvalue weighted by molar-refractivity contribution is 4.92. The summed E-state index contributed by atoms with van der Waals surface area (Å²) in [5.41, 5.74) is 0. The molecular formula is C10H17N. The summed E-state index contributed by atoms with van der Waals surface area (Å²) in [7, 11) is 2.08. The van der Waals surface area contributed by atoms with Crippen LogP contribution in [0.4, 0.5) is 0 Å². The maximum absolute atomic E-state index is 5.25. The van der Waals surface area contributed by atoms with E-state index in [9.17, 15) is 0 Å². The second-order valence-corrected chi connectivity index (χ2v) is 2.86. The van der Waals surface area contributed by atoms with Crippen molar-refractivity contribution in [3.63, 3.8) is 0 Å². The van der Waals surface area contributed by atoms with Gasteiger partial charge in [0.15, 0.2) is 0 Å². The molecule has 0 aliphatic heterocycles. The van der Waals surface area contributed by atoms with E-state index in [1.807, 2.05) is 6.92 Å². The predicted molar refractivity (Wildman–Crippen MR) is 50.3 cm³/mol. The SMILES string of the molecule is C#CC(C)CN(C)C/C=C/C. The fourth-order valence-electron chi connectivity index (χ4n) is 0.880. The number of likely N-dealkylation sites (N-methyl/N-ethyl adjacent to an activating group) is 1. The first kappa shape index (κ1) is 10.3. The third kappa shape index (κ3) is 5.69. The molecule has 0 saturated heterocycles. The van der Waals surface area contributed by atoms with Crippen molar-refractivity contribution in [2.45, 2.75) is 13.8 Å². The first-order chi connectivity index (χ1) is 5.20. The van der Waals surface area contributed by atoms with Crippen molar-refractivity contribution >= 4 is 0 Å². The third-order valence-electron chi connectivity index (χ3n) is 1.52. The molecule has 0 saturated carbocycles. The van der Waals surface area contributed by atoms with Crippen LogP contribution in [0.25, 0.3) is 0 Å². The molecule has 0 aliphatic carbocycles. The van der Waals surface area contributed by atoms with E-state index in [2.05, 4.69) is 36.9 Å². The minimum atomic E-state index is 0.352. The second-order valence-electron chi connectivity index (χ2n) is 2.86. The molecule has 0 radical (unpaired) electrons. The summed E-state index contributed by atoms with van der Waals surface area (Å²) >= 11 is 0. The minimum absolute atomic E-state index is 0.352. The Labute approximate surface area is 70.1 Å². The topological polar surface area (TPSA) is 3.24 Å². The zero-order chi connectivity index (χ0) is 8.69. The fourth-order valence-corrected chi connectivity index (χ4v) is 0.880. The van der Waals surface area contributed by atoms with E-state index in [1.165, 1.54) is 0 Å². The Morgan fingerprint density at radius 2 is 2.27 bits per heavy atom. The van der Waals surface area contributed by atoms with Crippen LogP contribution in [0.15, 0.2) is 12.2 Å². The molecule has 0 amide bonds. The van der Waals surface area contributed by atoms with Crippen molar-refractivity contribution in [3.8, 4) is 12.3 Å². The van der Waals surface area contributed by atoms with E-state index in [0.717, 1.165) is 13.1 Å². The Kier molecular flexibility index (Phi) is 5.60. The van der Waals surface area contributed by atoms with Crippen LogP contribution in [0.1, 0.15) is 13.8 Å².